The third kappa shape index (κ3) is 4.76. The molecular weight excluding hydrogens is 336 g/mol. The second-order valence-electron chi connectivity index (χ2n) is 6.89. The molecule has 0 N–H and O–H groups in total. The fourth-order valence-corrected chi connectivity index (χ4v) is 3.17. The first-order valence-corrected chi connectivity index (χ1v) is 9.01. The Labute approximate surface area is 153 Å². The van der Waals surface area contributed by atoms with Crippen molar-refractivity contribution < 1.29 is 14.3 Å². The third-order valence-electron chi connectivity index (χ3n) is 4.34. The summed E-state index contributed by atoms with van der Waals surface area (Å²) < 4.78 is 11.5. The molecule has 0 radical (unpaired) electrons. The summed E-state index contributed by atoms with van der Waals surface area (Å²) in [5.74, 6) is 2.43. The Hall–Kier alpha value is -2.00. The van der Waals surface area contributed by atoms with Crippen molar-refractivity contribution in [3.8, 4) is 22.6 Å². The minimum atomic E-state index is 0.100. The van der Waals surface area contributed by atoms with Crippen molar-refractivity contribution in [3.63, 3.8) is 0 Å². The van der Waals surface area contributed by atoms with Crippen LogP contribution in [0.2, 0.25) is 5.02 Å². The van der Waals surface area contributed by atoms with Gasteiger partial charge in [-0.25, -0.2) is 0 Å². The Morgan fingerprint density at radius 2 is 1.84 bits per heavy atom. The second kappa shape index (κ2) is 7.49. The average molecular weight is 359 g/mol. The summed E-state index contributed by atoms with van der Waals surface area (Å²) in [6, 6.07) is 13.7. The first kappa shape index (κ1) is 17.8. The van der Waals surface area contributed by atoms with Gasteiger partial charge in [0, 0.05) is 16.9 Å². The van der Waals surface area contributed by atoms with E-state index in [0.29, 0.717) is 17.5 Å². The molecule has 0 heterocycles. The van der Waals surface area contributed by atoms with Crippen molar-refractivity contribution in [1.82, 2.24) is 0 Å². The monoisotopic (exact) mass is 358 g/mol. The Balaban J connectivity index is 1.66. The van der Waals surface area contributed by atoms with Crippen molar-refractivity contribution >= 4 is 17.4 Å². The highest BCUT2D eigenvalue weighted by molar-refractivity contribution is 6.31. The first-order valence-electron chi connectivity index (χ1n) is 8.63. The second-order valence-corrected chi connectivity index (χ2v) is 7.33. The lowest BCUT2D eigenvalue weighted by molar-refractivity contribution is -0.118. The summed E-state index contributed by atoms with van der Waals surface area (Å²) in [5.41, 5.74) is 2.06. The molecule has 2 aromatic carbocycles. The number of ether oxygens (including phenoxy) is 2. The van der Waals surface area contributed by atoms with Gasteiger partial charge in [0.05, 0.1) is 12.7 Å². The van der Waals surface area contributed by atoms with Gasteiger partial charge in [0.15, 0.2) is 0 Å². The lowest BCUT2D eigenvalue weighted by Crippen LogP contribution is -2.05. The van der Waals surface area contributed by atoms with Gasteiger partial charge in [0.25, 0.3) is 0 Å². The van der Waals surface area contributed by atoms with Crippen molar-refractivity contribution in [2.24, 2.45) is 11.8 Å². The minimum absolute atomic E-state index is 0.100. The van der Waals surface area contributed by atoms with Crippen LogP contribution in [0.1, 0.15) is 27.2 Å². The van der Waals surface area contributed by atoms with E-state index in [1.54, 1.807) is 6.92 Å². The molecule has 0 amide bonds. The largest absolute Gasteiger partial charge is 0.493 e. The van der Waals surface area contributed by atoms with Crippen LogP contribution in [-0.4, -0.2) is 18.5 Å². The summed E-state index contributed by atoms with van der Waals surface area (Å²) in [5, 5.41) is 0.650. The van der Waals surface area contributed by atoms with Crippen LogP contribution < -0.4 is 9.47 Å². The molecule has 0 aliphatic heterocycles. The van der Waals surface area contributed by atoms with E-state index in [-0.39, 0.29) is 17.8 Å². The molecule has 1 fully saturated rings. The molecule has 3 nitrogen and oxygen atoms in total. The lowest BCUT2D eigenvalue weighted by Gasteiger charge is -2.12. The highest BCUT2D eigenvalue weighted by Crippen LogP contribution is 2.39. The van der Waals surface area contributed by atoms with Gasteiger partial charge in [-0.15, -0.1) is 0 Å². The van der Waals surface area contributed by atoms with Crippen LogP contribution in [0.4, 0.5) is 0 Å². The molecule has 0 saturated heterocycles. The van der Waals surface area contributed by atoms with Crippen LogP contribution in [0, 0.1) is 11.8 Å². The summed E-state index contributed by atoms with van der Waals surface area (Å²) in [6.07, 6.45) is 1.05. The number of hydrogen-bond acceptors (Lipinski definition) is 3. The zero-order chi connectivity index (χ0) is 18.0. The van der Waals surface area contributed by atoms with Gasteiger partial charge in [-0.05, 0) is 68.7 Å². The van der Waals surface area contributed by atoms with Gasteiger partial charge in [0.2, 0.25) is 0 Å². The topological polar surface area (TPSA) is 35.5 Å². The Bertz CT molecular complexity index is 752. The molecule has 0 bridgehead atoms. The number of rotatable bonds is 7. The molecule has 4 heteroatoms. The predicted octanol–water partition coefficient (Wildman–Crippen LogP) is 5.40. The van der Waals surface area contributed by atoms with Crippen molar-refractivity contribution in [2.45, 2.75) is 33.3 Å². The lowest BCUT2D eigenvalue weighted by atomic mass is 10.1. The fourth-order valence-electron chi connectivity index (χ4n) is 2.95. The Morgan fingerprint density at radius 3 is 2.44 bits per heavy atom. The summed E-state index contributed by atoms with van der Waals surface area (Å²) in [6.45, 7) is 6.24. The molecule has 25 heavy (non-hydrogen) atoms. The van der Waals surface area contributed by atoms with E-state index in [1.165, 1.54) is 0 Å². The molecule has 0 spiro atoms. The number of Topliss-reactive ketones (excluding diaryl/α,β-unsaturated/α-hetero) is 1. The van der Waals surface area contributed by atoms with Crippen LogP contribution in [0.3, 0.4) is 0 Å². The van der Waals surface area contributed by atoms with Gasteiger partial charge >= 0.3 is 0 Å². The maximum Gasteiger partial charge on any atom is 0.133 e. The van der Waals surface area contributed by atoms with Crippen molar-refractivity contribution in [3.05, 3.63) is 47.5 Å². The summed E-state index contributed by atoms with van der Waals surface area (Å²) in [4.78, 5) is 11.3. The molecule has 1 aliphatic rings. The van der Waals surface area contributed by atoms with Gasteiger partial charge in [-0.2, -0.15) is 0 Å². The van der Waals surface area contributed by atoms with Crippen LogP contribution in [0.5, 0.6) is 11.5 Å². The van der Waals surface area contributed by atoms with Gasteiger partial charge in [-0.3, -0.25) is 4.79 Å². The van der Waals surface area contributed by atoms with Crippen LogP contribution in [0.15, 0.2) is 42.5 Å². The number of carbonyl (C=O) groups excluding carboxylic acids is 1. The first-order chi connectivity index (χ1) is 11.9. The quantitative estimate of drug-likeness (QED) is 0.664. The van der Waals surface area contributed by atoms with E-state index in [0.717, 1.165) is 29.0 Å². The van der Waals surface area contributed by atoms with Crippen LogP contribution >= 0.6 is 11.6 Å². The number of hydrogen-bond donors (Lipinski definition) is 0. The maximum absolute atomic E-state index is 11.3. The molecule has 2 atom stereocenters. The van der Waals surface area contributed by atoms with Crippen molar-refractivity contribution in [1.29, 1.82) is 0 Å². The number of benzene rings is 2. The Kier molecular flexibility index (Phi) is 5.33. The predicted molar refractivity (Wildman–Crippen MR) is 100 cm³/mol. The number of halogens is 1. The van der Waals surface area contributed by atoms with E-state index in [9.17, 15) is 4.79 Å². The molecule has 0 aromatic heterocycles. The highest BCUT2D eigenvalue weighted by Gasteiger charge is 2.41. The molecule has 2 aromatic rings. The Morgan fingerprint density at radius 1 is 1.12 bits per heavy atom. The van der Waals surface area contributed by atoms with Gasteiger partial charge in [0.1, 0.15) is 17.3 Å². The van der Waals surface area contributed by atoms with E-state index in [1.807, 2.05) is 56.3 Å². The van der Waals surface area contributed by atoms with Crippen LogP contribution in [0.25, 0.3) is 11.1 Å². The molecule has 3 rings (SSSR count). The summed E-state index contributed by atoms with van der Waals surface area (Å²) >= 11 is 6.21. The number of ketones is 1. The van der Waals surface area contributed by atoms with Crippen LogP contribution in [-0.2, 0) is 4.79 Å². The van der Waals surface area contributed by atoms with E-state index >= 15 is 0 Å². The smallest absolute Gasteiger partial charge is 0.133 e. The van der Waals surface area contributed by atoms with E-state index < -0.39 is 0 Å². The molecular formula is C21H23ClO3. The van der Waals surface area contributed by atoms with Crippen molar-refractivity contribution in [2.75, 3.05) is 6.61 Å². The standard InChI is InChI=1S/C21H23ClO3/c1-13(2)25-20-9-16(8-18(22)11-20)15-4-6-19(7-5-15)24-12-17-10-21(17)14(3)23/h4-9,11,13,17,21H,10,12H2,1-3H3. The fraction of sp³-hybridized carbons (Fsp3) is 0.381. The highest BCUT2D eigenvalue weighted by atomic mass is 35.5. The SMILES string of the molecule is CC(=O)C1CC1COc1ccc(-c2cc(Cl)cc(OC(C)C)c2)cc1. The third-order valence-corrected chi connectivity index (χ3v) is 4.56. The van der Waals surface area contributed by atoms with E-state index in [4.69, 9.17) is 21.1 Å². The average Bonchev–Trinajstić information content (AvgIpc) is 3.32. The zero-order valence-electron chi connectivity index (χ0n) is 14.8. The maximum atomic E-state index is 11.3. The summed E-state index contributed by atoms with van der Waals surface area (Å²) in [7, 11) is 0. The number of carbonyl (C=O) groups is 1. The van der Waals surface area contributed by atoms with E-state index in [2.05, 4.69) is 0 Å². The molecule has 1 aliphatic carbocycles. The normalized spacial score (nSPS) is 18.9. The zero-order valence-corrected chi connectivity index (χ0v) is 15.5. The molecule has 2 unspecified atom stereocenters. The van der Waals surface area contributed by atoms with Gasteiger partial charge in [-0.1, -0.05) is 23.7 Å². The minimum Gasteiger partial charge on any atom is -0.493 e. The molecule has 132 valence electrons. The molecule has 1 saturated carbocycles. The van der Waals surface area contributed by atoms with Gasteiger partial charge < -0.3 is 9.47 Å².